The van der Waals surface area contributed by atoms with E-state index in [-0.39, 0.29) is 5.92 Å². The van der Waals surface area contributed by atoms with Crippen LogP contribution in [0.3, 0.4) is 0 Å². The maximum absolute atomic E-state index is 11.2. The number of hydrogen-bond acceptors (Lipinski definition) is 1. The Morgan fingerprint density at radius 1 is 1.47 bits per heavy atom. The van der Waals surface area contributed by atoms with Crippen molar-refractivity contribution in [2.75, 3.05) is 0 Å². The number of rotatable bonds is 7. The lowest BCUT2D eigenvalue weighted by Crippen LogP contribution is -2.16. The molecule has 2 nitrogen and oxygen atoms in total. The first-order valence-corrected chi connectivity index (χ1v) is 6.03. The molecule has 0 fully saturated rings. The van der Waals surface area contributed by atoms with Gasteiger partial charge in [-0.3, -0.25) is 4.79 Å². The van der Waals surface area contributed by atoms with Crippen LogP contribution >= 0.6 is 0 Å². The Bertz CT molecular complexity index is 382. The van der Waals surface area contributed by atoms with Gasteiger partial charge in [0.1, 0.15) is 0 Å². The first kappa shape index (κ1) is 13.5. The molecule has 1 aromatic rings. The summed E-state index contributed by atoms with van der Waals surface area (Å²) in [5.74, 6) is -0.978. The minimum atomic E-state index is -0.697. The molecule has 0 aromatic heterocycles. The Balaban J connectivity index is 2.63. The highest BCUT2D eigenvalue weighted by Crippen LogP contribution is 2.18. The Hall–Kier alpha value is -1.57. The molecule has 0 spiro atoms. The van der Waals surface area contributed by atoms with E-state index in [0.717, 1.165) is 24.8 Å². The lowest BCUT2D eigenvalue weighted by molar-refractivity contribution is -0.141. The fraction of sp³-hybridized carbons (Fsp3) is 0.400. The molecule has 0 saturated carbocycles. The molecule has 17 heavy (non-hydrogen) atoms. The van der Waals surface area contributed by atoms with Crippen LogP contribution in [0.15, 0.2) is 36.9 Å². The van der Waals surface area contributed by atoms with E-state index in [2.05, 4.69) is 6.58 Å². The van der Waals surface area contributed by atoms with Crippen molar-refractivity contribution in [3.63, 3.8) is 0 Å². The van der Waals surface area contributed by atoms with Crippen molar-refractivity contribution >= 4 is 5.97 Å². The fourth-order valence-corrected chi connectivity index (χ4v) is 1.93. The van der Waals surface area contributed by atoms with Crippen molar-refractivity contribution in [3.8, 4) is 0 Å². The Morgan fingerprint density at radius 3 is 2.76 bits per heavy atom. The first-order valence-electron chi connectivity index (χ1n) is 6.03. The Kier molecular flexibility index (Phi) is 5.47. The van der Waals surface area contributed by atoms with Gasteiger partial charge in [-0.15, -0.1) is 6.58 Å². The van der Waals surface area contributed by atoms with Crippen LogP contribution in [0, 0.1) is 12.8 Å². The number of aliphatic carboxylic acids is 1. The van der Waals surface area contributed by atoms with Crippen molar-refractivity contribution in [3.05, 3.63) is 48.0 Å². The molecule has 1 N–H and O–H groups in total. The summed E-state index contributed by atoms with van der Waals surface area (Å²) in [5, 5.41) is 9.20. The molecule has 1 atom stereocenters. The highest BCUT2D eigenvalue weighted by atomic mass is 16.4. The Labute approximate surface area is 103 Å². The van der Waals surface area contributed by atoms with Gasteiger partial charge in [0.15, 0.2) is 0 Å². The number of allylic oxidation sites excluding steroid dienone is 1. The lowest BCUT2D eigenvalue weighted by atomic mass is 9.92. The molecule has 0 aliphatic heterocycles. The second-order valence-electron chi connectivity index (χ2n) is 4.39. The van der Waals surface area contributed by atoms with Gasteiger partial charge in [0.05, 0.1) is 5.92 Å². The highest BCUT2D eigenvalue weighted by Gasteiger charge is 2.17. The number of aryl methyl sites for hydroxylation is 1. The third-order valence-electron chi connectivity index (χ3n) is 3.04. The van der Waals surface area contributed by atoms with E-state index < -0.39 is 5.97 Å². The quantitative estimate of drug-likeness (QED) is 0.576. The predicted octanol–water partition coefficient (Wildman–Crippen LogP) is 3.59. The molecule has 0 saturated heterocycles. The molecular formula is C15H20O2. The number of carboxylic acid groups (broad SMARTS) is 1. The minimum absolute atomic E-state index is 0.281. The van der Waals surface area contributed by atoms with E-state index in [0.29, 0.717) is 6.42 Å². The van der Waals surface area contributed by atoms with Crippen LogP contribution in [0.4, 0.5) is 0 Å². The third-order valence-corrected chi connectivity index (χ3v) is 3.04. The predicted molar refractivity (Wildman–Crippen MR) is 70.1 cm³/mol. The molecule has 0 bridgehead atoms. The molecule has 0 heterocycles. The zero-order valence-electron chi connectivity index (χ0n) is 10.4. The lowest BCUT2D eigenvalue weighted by Gasteiger charge is -2.13. The number of carboxylic acids is 1. The summed E-state index contributed by atoms with van der Waals surface area (Å²) in [7, 11) is 0. The van der Waals surface area contributed by atoms with Crippen molar-refractivity contribution < 1.29 is 9.90 Å². The highest BCUT2D eigenvalue weighted by molar-refractivity contribution is 5.70. The summed E-state index contributed by atoms with van der Waals surface area (Å²) >= 11 is 0. The summed E-state index contributed by atoms with van der Waals surface area (Å²) in [4.78, 5) is 11.2. The van der Waals surface area contributed by atoms with Gasteiger partial charge in [0.25, 0.3) is 0 Å². The normalized spacial score (nSPS) is 12.1. The van der Waals surface area contributed by atoms with Gasteiger partial charge in [0, 0.05) is 0 Å². The standard InChI is InChI=1S/C15H20O2/c1-3-4-5-10-14(15(16)17)11-13-9-7-6-8-12(13)2/h3,6-9,14H,1,4-5,10-11H2,2H3,(H,16,17). The van der Waals surface area contributed by atoms with E-state index in [4.69, 9.17) is 0 Å². The van der Waals surface area contributed by atoms with E-state index in [1.807, 2.05) is 37.3 Å². The molecule has 1 aromatic carbocycles. The molecule has 92 valence electrons. The van der Waals surface area contributed by atoms with E-state index >= 15 is 0 Å². The van der Waals surface area contributed by atoms with Gasteiger partial charge < -0.3 is 5.11 Å². The molecule has 0 amide bonds. The largest absolute Gasteiger partial charge is 0.481 e. The van der Waals surface area contributed by atoms with Crippen molar-refractivity contribution in [2.24, 2.45) is 5.92 Å². The zero-order chi connectivity index (χ0) is 12.7. The summed E-state index contributed by atoms with van der Waals surface area (Å²) in [6, 6.07) is 7.98. The van der Waals surface area contributed by atoms with Gasteiger partial charge in [-0.25, -0.2) is 0 Å². The van der Waals surface area contributed by atoms with E-state index in [9.17, 15) is 9.90 Å². The van der Waals surface area contributed by atoms with Crippen molar-refractivity contribution in [1.82, 2.24) is 0 Å². The van der Waals surface area contributed by atoms with Crippen LogP contribution in [0.2, 0.25) is 0 Å². The zero-order valence-corrected chi connectivity index (χ0v) is 10.4. The fourth-order valence-electron chi connectivity index (χ4n) is 1.93. The van der Waals surface area contributed by atoms with Crippen LogP contribution < -0.4 is 0 Å². The number of benzene rings is 1. The third kappa shape index (κ3) is 4.43. The average Bonchev–Trinajstić information content (AvgIpc) is 2.30. The van der Waals surface area contributed by atoms with Crippen molar-refractivity contribution in [1.29, 1.82) is 0 Å². The molecule has 0 aliphatic carbocycles. The molecule has 0 radical (unpaired) electrons. The van der Waals surface area contributed by atoms with Crippen molar-refractivity contribution in [2.45, 2.75) is 32.6 Å². The minimum Gasteiger partial charge on any atom is -0.481 e. The summed E-state index contributed by atoms with van der Waals surface area (Å²) in [5.41, 5.74) is 2.31. The second kappa shape index (κ2) is 6.89. The monoisotopic (exact) mass is 232 g/mol. The van der Waals surface area contributed by atoms with Crippen LogP contribution in [-0.4, -0.2) is 11.1 Å². The summed E-state index contributed by atoms with van der Waals surface area (Å²) in [6.07, 6.45) is 4.96. The molecule has 2 heteroatoms. The van der Waals surface area contributed by atoms with Crippen LogP contribution in [-0.2, 0) is 11.2 Å². The average molecular weight is 232 g/mol. The van der Waals surface area contributed by atoms with Gasteiger partial charge in [-0.2, -0.15) is 0 Å². The van der Waals surface area contributed by atoms with Crippen LogP contribution in [0.5, 0.6) is 0 Å². The topological polar surface area (TPSA) is 37.3 Å². The van der Waals surface area contributed by atoms with E-state index in [1.54, 1.807) is 0 Å². The van der Waals surface area contributed by atoms with Gasteiger partial charge in [-0.1, -0.05) is 30.3 Å². The van der Waals surface area contributed by atoms with Crippen LogP contribution in [0.25, 0.3) is 0 Å². The SMILES string of the molecule is C=CCCCC(Cc1ccccc1C)C(=O)O. The first-order chi connectivity index (χ1) is 8.15. The number of unbranched alkanes of at least 4 members (excludes halogenated alkanes) is 1. The molecular weight excluding hydrogens is 212 g/mol. The molecule has 0 aliphatic rings. The Morgan fingerprint density at radius 2 is 2.18 bits per heavy atom. The summed E-state index contributed by atoms with van der Waals surface area (Å²) < 4.78 is 0. The maximum Gasteiger partial charge on any atom is 0.306 e. The summed E-state index contributed by atoms with van der Waals surface area (Å²) in [6.45, 7) is 5.68. The van der Waals surface area contributed by atoms with Gasteiger partial charge in [0.2, 0.25) is 0 Å². The van der Waals surface area contributed by atoms with Gasteiger partial charge in [-0.05, 0) is 43.7 Å². The van der Waals surface area contributed by atoms with Crippen LogP contribution in [0.1, 0.15) is 30.4 Å². The second-order valence-corrected chi connectivity index (χ2v) is 4.39. The molecule has 1 rings (SSSR count). The number of carbonyl (C=O) groups is 1. The van der Waals surface area contributed by atoms with Gasteiger partial charge >= 0.3 is 5.97 Å². The van der Waals surface area contributed by atoms with E-state index in [1.165, 1.54) is 5.56 Å². The smallest absolute Gasteiger partial charge is 0.306 e. The maximum atomic E-state index is 11.2. The number of hydrogen-bond donors (Lipinski definition) is 1. The molecule has 1 unspecified atom stereocenters.